The average Bonchev–Trinajstić information content (AvgIpc) is 2.64. The summed E-state index contributed by atoms with van der Waals surface area (Å²) in [6, 6.07) is 2.04. The smallest absolute Gasteiger partial charge is 0.188 e. The highest BCUT2D eigenvalue weighted by Gasteiger charge is 2.14. The lowest BCUT2D eigenvalue weighted by Crippen LogP contribution is -1.99. The van der Waals surface area contributed by atoms with Crippen LogP contribution in [0.3, 0.4) is 0 Å². The van der Waals surface area contributed by atoms with Gasteiger partial charge in [0.1, 0.15) is 12.0 Å². The summed E-state index contributed by atoms with van der Waals surface area (Å²) in [7, 11) is 1.57. The molecular formula is C10H11N3OS. The molecule has 2 aromatic rings. The molecule has 0 aromatic carbocycles. The van der Waals surface area contributed by atoms with Crippen LogP contribution in [0.25, 0.3) is 10.6 Å². The highest BCUT2D eigenvalue weighted by molar-refractivity contribution is 7.13. The van der Waals surface area contributed by atoms with Gasteiger partial charge in [-0.2, -0.15) is 0 Å². The summed E-state index contributed by atoms with van der Waals surface area (Å²) in [5.74, 6) is 0.915. The minimum Gasteiger partial charge on any atom is -0.491 e. The second-order valence-corrected chi connectivity index (χ2v) is 3.99. The first kappa shape index (κ1) is 9.92. The molecule has 2 rings (SSSR count). The van der Waals surface area contributed by atoms with Crippen LogP contribution in [-0.4, -0.2) is 17.1 Å². The molecule has 0 saturated carbocycles. The van der Waals surface area contributed by atoms with Gasteiger partial charge in [0.2, 0.25) is 0 Å². The first-order valence-electron chi connectivity index (χ1n) is 4.43. The zero-order valence-corrected chi connectivity index (χ0v) is 9.34. The van der Waals surface area contributed by atoms with E-state index < -0.39 is 0 Å². The van der Waals surface area contributed by atoms with Gasteiger partial charge < -0.3 is 10.5 Å². The van der Waals surface area contributed by atoms with Crippen molar-refractivity contribution in [3.63, 3.8) is 0 Å². The molecule has 0 aliphatic heterocycles. The van der Waals surface area contributed by atoms with Crippen LogP contribution in [0.2, 0.25) is 0 Å². The number of anilines is 1. The van der Waals surface area contributed by atoms with E-state index in [0.717, 1.165) is 16.1 Å². The molecule has 0 saturated heterocycles. The topological polar surface area (TPSA) is 61.0 Å². The normalized spacial score (nSPS) is 10.3. The molecule has 15 heavy (non-hydrogen) atoms. The number of thiophene rings is 1. The average molecular weight is 221 g/mol. The molecule has 0 unspecified atom stereocenters. The summed E-state index contributed by atoms with van der Waals surface area (Å²) in [5, 5.41) is 2.02. The Morgan fingerprint density at radius 3 is 2.80 bits per heavy atom. The van der Waals surface area contributed by atoms with Crippen molar-refractivity contribution in [2.24, 2.45) is 0 Å². The van der Waals surface area contributed by atoms with E-state index in [-0.39, 0.29) is 0 Å². The molecule has 5 heteroatoms. The summed E-state index contributed by atoms with van der Waals surface area (Å²) >= 11 is 1.62. The van der Waals surface area contributed by atoms with Gasteiger partial charge in [-0.15, -0.1) is 11.3 Å². The monoisotopic (exact) mass is 221 g/mol. The number of nitrogens with two attached hydrogens (primary N) is 1. The Morgan fingerprint density at radius 1 is 1.40 bits per heavy atom. The fourth-order valence-corrected chi connectivity index (χ4v) is 2.28. The Bertz CT molecular complexity index is 481. The lowest BCUT2D eigenvalue weighted by Gasteiger charge is -2.07. The molecule has 0 fully saturated rings. The maximum Gasteiger partial charge on any atom is 0.188 e. The second kappa shape index (κ2) is 3.86. The maximum atomic E-state index is 5.72. The fraction of sp³-hybridized carbons (Fsp3) is 0.200. The Labute approximate surface area is 91.8 Å². The Morgan fingerprint density at radius 2 is 2.20 bits per heavy atom. The molecule has 0 bridgehead atoms. The van der Waals surface area contributed by atoms with E-state index in [2.05, 4.69) is 9.97 Å². The summed E-state index contributed by atoms with van der Waals surface area (Å²) in [4.78, 5) is 9.17. The van der Waals surface area contributed by atoms with Crippen LogP contribution in [0.5, 0.6) is 5.75 Å². The number of methoxy groups -OCH3 is 1. The third kappa shape index (κ3) is 1.66. The van der Waals surface area contributed by atoms with Crippen molar-refractivity contribution >= 4 is 17.2 Å². The number of nitrogens with zero attached hydrogens (tertiary/aromatic N) is 2. The van der Waals surface area contributed by atoms with Gasteiger partial charge in [0, 0.05) is 0 Å². The van der Waals surface area contributed by atoms with E-state index >= 15 is 0 Å². The van der Waals surface area contributed by atoms with Crippen molar-refractivity contribution in [1.82, 2.24) is 9.97 Å². The number of ether oxygens (including phenoxy) is 1. The van der Waals surface area contributed by atoms with E-state index in [4.69, 9.17) is 10.5 Å². The van der Waals surface area contributed by atoms with Gasteiger partial charge >= 0.3 is 0 Å². The molecule has 0 atom stereocenters. The van der Waals surface area contributed by atoms with Crippen molar-refractivity contribution in [2.75, 3.05) is 12.8 Å². The van der Waals surface area contributed by atoms with Crippen LogP contribution in [0.4, 0.5) is 5.82 Å². The second-order valence-electron chi connectivity index (χ2n) is 3.07. The van der Waals surface area contributed by atoms with Crippen LogP contribution in [0.1, 0.15) is 5.56 Å². The Kier molecular flexibility index (Phi) is 2.55. The summed E-state index contributed by atoms with van der Waals surface area (Å²) < 4.78 is 5.21. The summed E-state index contributed by atoms with van der Waals surface area (Å²) in [5.41, 5.74) is 7.64. The molecule has 4 nitrogen and oxygen atoms in total. The number of aryl methyl sites for hydroxylation is 1. The van der Waals surface area contributed by atoms with Gasteiger partial charge in [0.25, 0.3) is 0 Å². The number of rotatable bonds is 2. The minimum atomic E-state index is 0.371. The number of hydrogen-bond donors (Lipinski definition) is 1. The highest BCUT2D eigenvalue weighted by atomic mass is 32.1. The SMILES string of the molecule is COc1c(N)ncnc1-c1sccc1C. The van der Waals surface area contributed by atoms with Crippen LogP contribution < -0.4 is 10.5 Å². The van der Waals surface area contributed by atoms with Gasteiger partial charge in [-0.05, 0) is 23.9 Å². The number of aromatic nitrogens is 2. The molecular weight excluding hydrogens is 210 g/mol. The van der Waals surface area contributed by atoms with Gasteiger partial charge in [-0.1, -0.05) is 0 Å². The lowest BCUT2D eigenvalue weighted by molar-refractivity contribution is 0.415. The summed E-state index contributed by atoms with van der Waals surface area (Å²) in [6.45, 7) is 2.03. The van der Waals surface area contributed by atoms with Gasteiger partial charge in [-0.3, -0.25) is 0 Å². The van der Waals surface area contributed by atoms with E-state index in [9.17, 15) is 0 Å². The summed E-state index contributed by atoms with van der Waals surface area (Å²) in [6.07, 6.45) is 1.45. The first-order valence-corrected chi connectivity index (χ1v) is 5.31. The van der Waals surface area contributed by atoms with E-state index in [0.29, 0.717) is 11.6 Å². The quantitative estimate of drug-likeness (QED) is 0.843. The molecule has 2 aromatic heterocycles. The molecule has 2 heterocycles. The van der Waals surface area contributed by atoms with Crippen molar-refractivity contribution < 1.29 is 4.74 Å². The third-order valence-corrected chi connectivity index (χ3v) is 3.14. The van der Waals surface area contributed by atoms with Crippen LogP contribution in [0, 0.1) is 6.92 Å². The van der Waals surface area contributed by atoms with Crippen LogP contribution >= 0.6 is 11.3 Å². The van der Waals surface area contributed by atoms with E-state index in [1.54, 1.807) is 18.4 Å². The zero-order chi connectivity index (χ0) is 10.8. The number of hydrogen-bond acceptors (Lipinski definition) is 5. The standard InChI is InChI=1S/C10H11N3OS/c1-6-3-4-15-9(6)7-8(14-2)10(11)13-5-12-7/h3-5H,1-2H3,(H2,11,12,13). The lowest BCUT2D eigenvalue weighted by atomic mass is 10.2. The number of nitrogen functional groups attached to an aromatic ring is 1. The molecule has 0 radical (unpaired) electrons. The zero-order valence-electron chi connectivity index (χ0n) is 8.52. The van der Waals surface area contributed by atoms with E-state index in [1.807, 2.05) is 18.4 Å². The molecule has 0 aliphatic carbocycles. The predicted molar refractivity (Wildman–Crippen MR) is 61.0 cm³/mol. The molecule has 0 amide bonds. The van der Waals surface area contributed by atoms with Crippen molar-refractivity contribution in [3.8, 4) is 16.3 Å². The van der Waals surface area contributed by atoms with Crippen molar-refractivity contribution in [3.05, 3.63) is 23.3 Å². The fourth-order valence-electron chi connectivity index (χ4n) is 1.37. The van der Waals surface area contributed by atoms with Gasteiger partial charge in [-0.25, -0.2) is 9.97 Å². The largest absolute Gasteiger partial charge is 0.491 e. The molecule has 78 valence electrons. The van der Waals surface area contributed by atoms with Gasteiger partial charge in [0.05, 0.1) is 12.0 Å². The molecule has 0 aliphatic rings. The highest BCUT2D eigenvalue weighted by Crippen LogP contribution is 2.36. The Balaban J connectivity index is 2.63. The molecule has 0 spiro atoms. The van der Waals surface area contributed by atoms with Crippen LogP contribution in [-0.2, 0) is 0 Å². The molecule has 2 N–H and O–H groups in total. The first-order chi connectivity index (χ1) is 7.24. The van der Waals surface area contributed by atoms with E-state index in [1.165, 1.54) is 6.33 Å². The van der Waals surface area contributed by atoms with Crippen LogP contribution in [0.15, 0.2) is 17.8 Å². The van der Waals surface area contributed by atoms with Crippen molar-refractivity contribution in [1.29, 1.82) is 0 Å². The predicted octanol–water partition coefficient (Wildman–Crippen LogP) is 2.10. The third-order valence-electron chi connectivity index (χ3n) is 2.11. The van der Waals surface area contributed by atoms with Crippen molar-refractivity contribution in [2.45, 2.75) is 6.92 Å². The minimum absolute atomic E-state index is 0.371. The van der Waals surface area contributed by atoms with Gasteiger partial charge in [0.15, 0.2) is 11.6 Å². The maximum absolute atomic E-state index is 5.72. The Hall–Kier alpha value is -1.62.